The summed E-state index contributed by atoms with van der Waals surface area (Å²) in [4.78, 5) is 27.9. The fraction of sp³-hybridized carbons (Fsp3) is 0.567. The average Bonchev–Trinajstić information content (AvgIpc) is 2.88. The van der Waals surface area contributed by atoms with Gasteiger partial charge in [-0.1, -0.05) is 44.4 Å². The highest BCUT2D eigenvalue weighted by Crippen LogP contribution is 2.47. The third-order valence-electron chi connectivity index (χ3n) is 9.71. The van der Waals surface area contributed by atoms with Gasteiger partial charge in [-0.05, 0) is 68.9 Å². The lowest BCUT2D eigenvalue weighted by molar-refractivity contribution is -0.115. The molecule has 6 atom stereocenters. The summed E-state index contributed by atoms with van der Waals surface area (Å²) in [6.45, 7) is 3.84. The first-order valence-electron chi connectivity index (χ1n) is 14.1. The molecule has 6 heteroatoms. The third-order valence-corrected chi connectivity index (χ3v) is 9.71. The van der Waals surface area contributed by atoms with Crippen LogP contribution in [-0.2, 0) is 4.79 Å². The van der Waals surface area contributed by atoms with E-state index in [1.165, 1.54) is 57.8 Å². The number of rotatable bonds is 2. The standard InChI is InChI=1S/C30H37N5O/c1-19-17-32-27(18-31-19)29-30(36)35(28-11-3-2-10-26(28)33-29)25-15-22-8-5-9-23(16-25)34(22)24-13-20-6-4-7-21(12-20)14-24/h2-3,10-11,17-18,20-25,33H,1,4-9,12-16H2/t20-,21+,22-,23+,24?,25?. The van der Waals surface area contributed by atoms with Crippen molar-refractivity contribution in [1.29, 1.82) is 0 Å². The van der Waals surface area contributed by atoms with Gasteiger partial charge in [0.25, 0.3) is 5.91 Å². The van der Waals surface area contributed by atoms with Crippen LogP contribution in [0.15, 0.2) is 36.7 Å². The predicted molar refractivity (Wildman–Crippen MR) is 143 cm³/mol. The van der Waals surface area contributed by atoms with Crippen LogP contribution < -0.4 is 20.9 Å². The van der Waals surface area contributed by atoms with Gasteiger partial charge in [-0.3, -0.25) is 19.7 Å². The number of carbonyl (C=O) groups excluding carboxylic acids is 1. The van der Waals surface area contributed by atoms with Crippen molar-refractivity contribution in [2.75, 3.05) is 10.2 Å². The van der Waals surface area contributed by atoms with Crippen LogP contribution in [0.3, 0.4) is 0 Å². The Morgan fingerprint density at radius 3 is 2.25 bits per heavy atom. The molecule has 4 fully saturated rings. The average molecular weight is 484 g/mol. The highest BCUT2D eigenvalue weighted by Gasteiger charge is 2.47. The van der Waals surface area contributed by atoms with Crippen molar-refractivity contribution in [2.24, 2.45) is 11.8 Å². The largest absolute Gasteiger partial charge is 0.347 e. The van der Waals surface area contributed by atoms with E-state index >= 15 is 0 Å². The lowest BCUT2D eigenvalue weighted by atomic mass is 9.68. The summed E-state index contributed by atoms with van der Waals surface area (Å²) >= 11 is 0. The van der Waals surface area contributed by atoms with Gasteiger partial charge in [0.15, 0.2) is 0 Å². The normalized spacial score (nSPS) is 35.7. The summed E-state index contributed by atoms with van der Waals surface area (Å²) in [5.41, 5.74) is 2.49. The fourth-order valence-corrected chi connectivity index (χ4v) is 8.36. The van der Waals surface area contributed by atoms with Crippen LogP contribution in [0.1, 0.15) is 70.6 Å². The maximum atomic E-state index is 14.0. The van der Waals surface area contributed by atoms with Gasteiger partial charge in [0.05, 0.1) is 29.1 Å². The molecule has 2 aliphatic carbocycles. The van der Waals surface area contributed by atoms with Crippen molar-refractivity contribution in [3.8, 4) is 0 Å². The van der Waals surface area contributed by atoms with Crippen LogP contribution in [0.4, 0.5) is 11.4 Å². The molecule has 2 aromatic rings. The molecule has 5 aliphatic rings. The van der Waals surface area contributed by atoms with E-state index < -0.39 is 0 Å². The van der Waals surface area contributed by atoms with Crippen molar-refractivity contribution >= 4 is 29.6 Å². The summed E-state index contributed by atoms with van der Waals surface area (Å²) in [6.07, 6.45) is 17.9. The summed E-state index contributed by atoms with van der Waals surface area (Å²) in [5.74, 6) is 1.92. The number of aromatic nitrogens is 2. The van der Waals surface area contributed by atoms with E-state index in [1.54, 1.807) is 12.4 Å². The number of nitrogens with zero attached hydrogens (tertiary/aromatic N) is 4. The van der Waals surface area contributed by atoms with Crippen LogP contribution >= 0.6 is 0 Å². The summed E-state index contributed by atoms with van der Waals surface area (Å²) in [6, 6.07) is 10.4. The molecular weight excluding hydrogens is 446 g/mol. The lowest BCUT2D eigenvalue weighted by Gasteiger charge is -2.56. The molecule has 2 saturated heterocycles. The Balaban J connectivity index is 1.21. The van der Waals surface area contributed by atoms with Gasteiger partial charge in [0.2, 0.25) is 0 Å². The van der Waals surface area contributed by atoms with Gasteiger partial charge in [-0.25, -0.2) is 0 Å². The molecule has 7 rings (SSSR count). The van der Waals surface area contributed by atoms with Gasteiger partial charge in [0, 0.05) is 24.2 Å². The monoisotopic (exact) mass is 483 g/mol. The molecule has 6 nitrogen and oxygen atoms in total. The van der Waals surface area contributed by atoms with E-state index in [2.05, 4.69) is 43.8 Å². The number of fused-ring (bicyclic) bond motifs is 5. The van der Waals surface area contributed by atoms with Gasteiger partial charge in [0.1, 0.15) is 11.0 Å². The van der Waals surface area contributed by atoms with Gasteiger partial charge >= 0.3 is 0 Å². The zero-order valence-corrected chi connectivity index (χ0v) is 21.1. The second-order valence-corrected chi connectivity index (χ2v) is 11.9. The minimum atomic E-state index is 0.0172. The number of anilines is 2. The van der Waals surface area contributed by atoms with E-state index in [1.807, 2.05) is 12.1 Å². The first-order chi connectivity index (χ1) is 17.6. The van der Waals surface area contributed by atoms with Crippen molar-refractivity contribution in [2.45, 2.75) is 94.8 Å². The van der Waals surface area contributed by atoms with E-state index in [4.69, 9.17) is 0 Å². The Bertz CT molecular complexity index is 1230. The van der Waals surface area contributed by atoms with E-state index in [0.717, 1.165) is 42.1 Å². The number of nitrogens with one attached hydrogen (secondary N) is 1. The quantitative estimate of drug-likeness (QED) is 0.704. The second kappa shape index (κ2) is 8.98. The molecule has 36 heavy (non-hydrogen) atoms. The number of hydrogen-bond acceptors (Lipinski definition) is 5. The molecule has 1 aromatic heterocycles. The second-order valence-electron chi connectivity index (χ2n) is 11.9. The van der Waals surface area contributed by atoms with Gasteiger partial charge < -0.3 is 10.2 Å². The van der Waals surface area contributed by atoms with E-state index in [0.29, 0.717) is 28.5 Å². The first kappa shape index (κ1) is 22.5. The molecule has 1 amide bonds. The van der Waals surface area contributed by atoms with Crippen molar-refractivity contribution < 1.29 is 4.79 Å². The van der Waals surface area contributed by atoms with Crippen LogP contribution in [-0.4, -0.2) is 44.9 Å². The first-order valence-corrected chi connectivity index (χ1v) is 14.1. The van der Waals surface area contributed by atoms with Crippen LogP contribution in [0.25, 0.3) is 12.3 Å². The zero-order valence-electron chi connectivity index (χ0n) is 21.1. The summed E-state index contributed by atoms with van der Waals surface area (Å²) < 4.78 is 0. The molecule has 0 radical (unpaired) electrons. The summed E-state index contributed by atoms with van der Waals surface area (Å²) in [7, 11) is 0. The maximum Gasteiger partial charge on any atom is 0.277 e. The molecule has 1 aromatic carbocycles. The molecule has 3 aliphatic heterocycles. The Labute approximate surface area is 213 Å². The number of piperidine rings is 2. The Kier molecular flexibility index (Phi) is 5.61. The Morgan fingerprint density at radius 1 is 0.806 bits per heavy atom. The minimum Gasteiger partial charge on any atom is -0.347 e. The number of hydrogen-bond donors (Lipinski definition) is 1. The number of para-hydroxylation sites is 2. The van der Waals surface area contributed by atoms with E-state index in [9.17, 15) is 4.79 Å². The van der Waals surface area contributed by atoms with Gasteiger partial charge in [-0.2, -0.15) is 0 Å². The van der Waals surface area contributed by atoms with Crippen molar-refractivity contribution in [3.05, 3.63) is 47.4 Å². The van der Waals surface area contributed by atoms with E-state index in [-0.39, 0.29) is 11.9 Å². The molecule has 4 heterocycles. The highest BCUT2D eigenvalue weighted by molar-refractivity contribution is 6.27. The molecular formula is C30H37N5O. The SMILES string of the molecule is C=c1cnc(=C2Nc3ccccc3N(C3C[C@H]4CCC[C@@H](C3)N4C3C[C@H]4CCC[C@@H](C3)C4)C2=O)cn1. The highest BCUT2D eigenvalue weighted by atomic mass is 16.2. The molecule has 4 bridgehead atoms. The van der Waals surface area contributed by atoms with Gasteiger partial charge in [-0.15, -0.1) is 0 Å². The number of benzene rings is 1. The molecule has 2 saturated carbocycles. The van der Waals surface area contributed by atoms with Crippen molar-refractivity contribution in [3.63, 3.8) is 0 Å². The summed E-state index contributed by atoms with van der Waals surface area (Å²) in [5, 5.41) is 4.56. The molecule has 0 spiro atoms. The molecule has 1 N–H and O–H groups in total. The van der Waals surface area contributed by atoms with Crippen molar-refractivity contribution in [1.82, 2.24) is 14.9 Å². The van der Waals surface area contributed by atoms with Crippen LogP contribution in [0.5, 0.6) is 0 Å². The van der Waals surface area contributed by atoms with Crippen LogP contribution in [0, 0.1) is 11.8 Å². The topological polar surface area (TPSA) is 61.4 Å². The zero-order chi connectivity index (χ0) is 24.2. The third kappa shape index (κ3) is 3.85. The number of amides is 1. The Morgan fingerprint density at radius 2 is 1.53 bits per heavy atom. The lowest BCUT2D eigenvalue weighted by Crippen LogP contribution is -2.62. The molecule has 2 unspecified atom stereocenters. The minimum absolute atomic E-state index is 0.0172. The molecule has 188 valence electrons. The smallest absolute Gasteiger partial charge is 0.277 e. The number of carbonyl (C=O) groups is 1. The van der Waals surface area contributed by atoms with Crippen LogP contribution in [0.2, 0.25) is 0 Å². The fourth-order valence-electron chi connectivity index (χ4n) is 8.36. The maximum absolute atomic E-state index is 14.0. The Hall–Kier alpha value is -2.73. The predicted octanol–water partition coefficient (Wildman–Crippen LogP) is 3.81.